The van der Waals surface area contributed by atoms with E-state index in [-0.39, 0.29) is 17.6 Å². The van der Waals surface area contributed by atoms with E-state index in [2.05, 4.69) is 5.32 Å². The Morgan fingerprint density at radius 1 is 1.57 bits per heavy atom. The van der Waals surface area contributed by atoms with Gasteiger partial charge in [-0.25, -0.2) is 4.39 Å². The van der Waals surface area contributed by atoms with E-state index in [1.807, 2.05) is 11.0 Å². The van der Waals surface area contributed by atoms with E-state index in [1.165, 1.54) is 6.07 Å². The van der Waals surface area contributed by atoms with Crippen LogP contribution in [0.5, 0.6) is 0 Å². The Bertz CT molecular complexity index is 496. The smallest absolute Gasteiger partial charge is 0.222 e. The number of primary amides is 1. The molecule has 6 heteroatoms. The summed E-state index contributed by atoms with van der Waals surface area (Å²) in [4.78, 5) is 13.1. The molecule has 1 amide bonds. The summed E-state index contributed by atoms with van der Waals surface area (Å²) in [6.07, 6.45) is 0.690. The van der Waals surface area contributed by atoms with Gasteiger partial charge >= 0.3 is 0 Å². The van der Waals surface area contributed by atoms with E-state index in [0.717, 1.165) is 12.1 Å². The zero-order valence-corrected chi connectivity index (χ0v) is 12.3. The molecule has 1 atom stereocenters. The van der Waals surface area contributed by atoms with Crippen LogP contribution in [0.25, 0.3) is 0 Å². The fourth-order valence-corrected chi connectivity index (χ4v) is 2.54. The third-order valence-electron chi connectivity index (χ3n) is 3.76. The van der Waals surface area contributed by atoms with Crippen LogP contribution in [0.4, 0.5) is 10.1 Å². The highest BCUT2D eigenvalue weighted by Crippen LogP contribution is 2.26. The van der Waals surface area contributed by atoms with Gasteiger partial charge in [0.15, 0.2) is 0 Å². The number of carbonyl (C=O) groups is 1. The van der Waals surface area contributed by atoms with E-state index in [1.54, 1.807) is 13.2 Å². The Morgan fingerprint density at radius 3 is 3.00 bits per heavy atom. The van der Waals surface area contributed by atoms with Crippen molar-refractivity contribution in [2.45, 2.75) is 13.0 Å². The zero-order chi connectivity index (χ0) is 15.2. The summed E-state index contributed by atoms with van der Waals surface area (Å²) in [5.41, 5.74) is 6.73. The molecule has 0 aliphatic carbocycles. The zero-order valence-electron chi connectivity index (χ0n) is 12.3. The van der Waals surface area contributed by atoms with Gasteiger partial charge in [0, 0.05) is 33.3 Å². The number of ether oxygens (including phenoxy) is 1. The second kappa shape index (κ2) is 7.38. The maximum absolute atomic E-state index is 14.2. The van der Waals surface area contributed by atoms with Crippen molar-refractivity contribution in [1.82, 2.24) is 5.32 Å². The quantitative estimate of drug-likeness (QED) is 0.733. The molecule has 1 aromatic carbocycles. The topological polar surface area (TPSA) is 67.6 Å². The van der Waals surface area contributed by atoms with Crippen LogP contribution in [0.15, 0.2) is 18.2 Å². The second-order valence-corrected chi connectivity index (χ2v) is 5.29. The van der Waals surface area contributed by atoms with E-state index in [4.69, 9.17) is 10.5 Å². The van der Waals surface area contributed by atoms with Crippen molar-refractivity contribution >= 4 is 11.6 Å². The fourth-order valence-electron chi connectivity index (χ4n) is 2.54. The number of hydrogen-bond acceptors (Lipinski definition) is 4. The van der Waals surface area contributed by atoms with E-state index >= 15 is 0 Å². The van der Waals surface area contributed by atoms with Gasteiger partial charge in [0.1, 0.15) is 5.82 Å². The summed E-state index contributed by atoms with van der Waals surface area (Å²) in [6, 6.07) is 5.20. The van der Waals surface area contributed by atoms with Crippen LogP contribution in [-0.4, -0.2) is 39.3 Å². The van der Waals surface area contributed by atoms with Crippen molar-refractivity contribution < 1.29 is 13.9 Å². The van der Waals surface area contributed by atoms with Crippen molar-refractivity contribution in [3.63, 3.8) is 0 Å². The molecule has 0 radical (unpaired) electrons. The Kier molecular flexibility index (Phi) is 5.52. The van der Waals surface area contributed by atoms with Crippen LogP contribution < -0.4 is 16.0 Å². The van der Waals surface area contributed by atoms with Crippen molar-refractivity contribution in [1.29, 1.82) is 0 Å². The van der Waals surface area contributed by atoms with Crippen LogP contribution in [0.1, 0.15) is 12.0 Å². The molecule has 0 saturated carbocycles. The second-order valence-electron chi connectivity index (χ2n) is 5.29. The molecule has 0 bridgehead atoms. The van der Waals surface area contributed by atoms with Gasteiger partial charge in [-0.15, -0.1) is 0 Å². The molecule has 21 heavy (non-hydrogen) atoms. The van der Waals surface area contributed by atoms with E-state index in [9.17, 15) is 9.18 Å². The summed E-state index contributed by atoms with van der Waals surface area (Å²) in [6.45, 7) is 3.12. The normalized spacial score (nSPS) is 18.2. The third-order valence-corrected chi connectivity index (χ3v) is 3.76. The molecule has 1 aromatic rings. The number of halogens is 1. The minimum absolute atomic E-state index is 0.181. The molecule has 1 saturated heterocycles. The van der Waals surface area contributed by atoms with Crippen LogP contribution in [-0.2, 0) is 16.1 Å². The highest BCUT2D eigenvalue weighted by Gasteiger charge is 2.28. The first-order valence-corrected chi connectivity index (χ1v) is 7.14. The lowest BCUT2D eigenvalue weighted by Crippen LogP contribution is -2.27. The lowest BCUT2D eigenvalue weighted by atomic mass is 10.1. The molecule has 0 aromatic heterocycles. The molecular formula is C15H22FN3O2. The number of benzene rings is 1. The van der Waals surface area contributed by atoms with Gasteiger partial charge in [0.25, 0.3) is 0 Å². The summed E-state index contributed by atoms with van der Waals surface area (Å²) in [5, 5.41) is 3.17. The number of hydrogen-bond donors (Lipinski definition) is 2. The fraction of sp³-hybridized carbons (Fsp3) is 0.533. The third kappa shape index (κ3) is 4.15. The largest absolute Gasteiger partial charge is 0.383 e. The van der Waals surface area contributed by atoms with Crippen LogP contribution in [0.2, 0.25) is 0 Å². The summed E-state index contributed by atoms with van der Waals surface area (Å²) < 4.78 is 19.1. The van der Waals surface area contributed by atoms with Gasteiger partial charge in [0.05, 0.1) is 18.2 Å². The maximum atomic E-state index is 14.2. The highest BCUT2D eigenvalue weighted by molar-refractivity contribution is 5.78. The average Bonchev–Trinajstić information content (AvgIpc) is 2.93. The minimum atomic E-state index is -0.308. The SMILES string of the molecule is COCCNCc1ccc(N2CCC(C(N)=O)C2)c(F)c1. The summed E-state index contributed by atoms with van der Waals surface area (Å²) >= 11 is 0. The van der Waals surface area contributed by atoms with Gasteiger partial charge < -0.3 is 20.7 Å². The number of nitrogens with two attached hydrogens (primary N) is 1. The number of methoxy groups -OCH3 is 1. The van der Waals surface area contributed by atoms with Gasteiger partial charge in [-0.2, -0.15) is 0 Å². The van der Waals surface area contributed by atoms with E-state index < -0.39 is 0 Å². The van der Waals surface area contributed by atoms with Gasteiger partial charge in [0.2, 0.25) is 5.91 Å². The Hall–Kier alpha value is -1.66. The predicted octanol–water partition coefficient (Wildman–Crippen LogP) is 0.873. The Morgan fingerprint density at radius 2 is 2.38 bits per heavy atom. The summed E-state index contributed by atoms with van der Waals surface area (Å²) in [7, 11) is 1.64. The molecule has 1 fully saturated rings. The van der Waals surface area contributed by atoms with Crippen LogP contribution in [0.3, 0.4) is 0 Å². The van der Waals surface area contributed by atoms with Gasteiger partial charge in [-0.1, -0.05) is 6.07 Å². The monoisotopic (exact) mass is 295 g/mol. The minimum Gasteiger partial charge on any atom is -0.383 e. The molecule has 1 heterocycles. The Balaban J connectivity index is 1.95. The number of carbonyl (C=O) groups excluding carboxylic acids is 1. The first kappa shape index (κ1) is 15.7. The Labute approximate surface area is 124 Å². The highest BCUT2D eigenvalue weighted by atomic mass is 19.1. The standard InChI is InChI=1S/C15H22FN3O2/c1-21-7-5-18-9-11-2-3-14(13(16)8-11)19-6-4-12(10-19)15(17)20/h2-3,8,12,18H,4-7,9-10H2,1H3,(H2,17,20). The number of anilines is 1. The summed E-state index contributed by atoms with van der Waals surface area (Å²) in [5.74, 6) is -0.747. The average molecular weight is 295 g/mol. The maximum Gasteiger partial charge on any atom is 0.222 e. The molecule has 5 nitrogen and oxygen atoms in total. The van der Waals surface area contributed by atoms with Crippen LogP contribution in [0, 0.1) is 11.7 Å². The van der Waals surface area contributed by atoms with Gasteiger partial charge in [-0.05, 0) is 24.1 Å². The number of nitrogens with zero attached hydrogens (tertiary/aromatic N) is 1. The number of nitrogens with one attached hydrogen (secondary N) is 1. The lowest BCUT2D eigenvalue weighted by Gasteiger charge is -2.19. The molecule has 0 spiro atoms. The van der Waals surface area contributed by atoms with Crippen molar-refractivity contribution in [3.05, 3.63) is 29.6 Å². The van der Waals surface area contributed by atoms with Crippen molar-refractivity contribution in [3.8, 4) is 0 Å². The first-order chi connectivity index (χ1) is 10.1. The molecule has 1 aliphatic heterocycles. The van der Waals surface area contributed by atoms with E-state index in [0.29, 0.717) is 38.3 Å². The number of rotatable bonds is 7. The molecule has 3 N–H and O–H groups in total. The molecular weight excluding hydrogens is 273 g/mol. The molecule has 116 valence electrons. The predicted molar refractivity (Wildman–Crippen MR) is 79.5 cm³/mol. The molecule has 2 rings (SSSR count). The van der Waals surface area contributed by atoms with Crippen molar-refractivity contribution in [2.75, 3.05) is 38.3 Å². The molecule has 1 aliphatic rings. The molecule has 1 unspecified atom stereocenters. The lowest BCUT2D eigenvalue weighted by molar-refractivity contribution is -0.121. The number of amides is 1. The van der Waals surface area contributed by atoms with Crippen molar-refractivity contribution in [2.24, 2.45) is 11.7 Å². The first-order valence-electron chi connectivity index (χ1n) is 7.14. The van der Waals surface area contributed by atoms with Crippen LogP contribution >= 0.6 is 0 Å². The van der Waals surface area contributed by atoms with Gasteiger partial charge in [-0.3, -0.25) is 4.79 Å².